The summed E-state index contributed by atoms with van der Waals surface area (Å²) < 4.78 is 0. The Morgan fingerprint density at radius 3 is 0.333 bits per heavy atom. The minimum Gasteiger partial charge on any atom is -0.412 e. The van der Waals surface area contributed by atoms with Crippen LogP contribution in [-0.4, -0.2) is 136 Å². The van der Waals surface area contributed by atoms with Crippen molar-refractivity contribution in [2.75, 3.05) is 0 Å². The number of hydrogen-bond donors (Lipinski definition) is 0. The standard InChI is InChI=1S/2Ca.7H2O.2Si.Zn/h;;7*1H2;;;. The summed E-state index contributed by atoms with van der Waals surface area (Å²) in [5.74, 6) is 0. The maximum absolute atomic E-state index is 0. The van der Waals surface area contributed by atoms with Gasteiger partial charge in [-0.05, 0) is 0 Å². The van der Waals surface area contributed by atoms with Gasteiger partial charge in [-0.3, -0.25) is 0 Å². The maximum atomic E-state index is 0. The first-order chi connectivity index (χ1) is 0. The summed E-state index contributed by atoms with van der Waals surface area (Å²) >= 11 is 0. The van der Waals surface area contributed by atoms with Crippen molar-refractivity contribution in [3.8, 4) is 0 Å². The van der Waals surface area contributed by atoms with Crippen LogP contribution in [0.3, 0.4) is 0 Å². The van der Waals surface area contributed by atoms with Gasteiger partial charge < -0.3 is 38.3 Å². The van der Waals surface area contributed by atoms with Crippen LogP contribution < -0.4 is 0 Å². The predicted molar refractivity (Wildman–Crippen MR) is 48.3 cm³/mol. The quantitative estimate of drug-likeness (QED) is 0.378. The molecule has 0 heterocycles. The van der Waals surface area contributed by atoms with Crippen LogP contribution in [0.2, 0.25) is 0 Å². The monoisotopic (exact) mass is 326 g/mol. The Hall–Kier alpha value is 3.30. The van der Waals surface area contributed by atoms with E-state index in [4.69, 9.17) is 0 Å². The van der Waals surface area contributed by atoms with Crippen molar-refractivity contribution in [1.29, 1.82) is 0 Å². The zero-order chi connectivity index (χ0) is 0. The molecule has 0 amide bonds. The third-order valence-corrected chi connectivity index (χ3v) is 0. The van der Waals surface area contributed by atoms with Gasteiger partial charge in [0.2, 0.25) is 0 Å². The van der Waals surface area contributed by atoms with E-state index in [1.54, 1.807) is 0 Å². The van der Waals surface area contributed by atoms with Crippen LogP contribution in [0.4, 0.5) is 0 Å². The van der Waals surface area contributed by atoms with Gasteiger partial charge >= 0.3 is 0 Å². The van der Waals surface area contributed by atoms with Crippen LogP contribution in [0.15, 0.2) is 0 Å². The van der Waals surface area contributed by atoms with Crippen molar-refractivity contribution in [1.82, 2.24) is 0 Å². The maximum Gasteiger partial charge on any atom is 0 e. The summed E-state index contributed by atoms with van der Waals surface area (Å²) in [6.07, 6.45) is 0. The zero-order valence-electron chi connectivity index (χ0n) is 6.62. The summed E-state index contributed by atoms with van der Waals surface area (Å²) in [4.78, 5) is 0. The molecule has 0 aliphatic carbocycles. The third kappa shape index (κ3) is 185. The van der Waals surface area contributed by atoms with Gasteiger partial charge in [0, 0.05) is 117 Å². The normalized spacial score (nSPS) is 0. The summed E-state index contributed by atoms with van der Waals surface area (Å²) in [6.45, 7) is 0. The first-order valence-corrected chi connectivity index (χ1v) is 0. The smallest absolute Gasteiger partial charge is 0 e. The van der Waals surface area contributed by atoms with E-state index in [0.717, 1.165) is 0 Å². The molecule has 0 aromatic rings. The van der Waals surface area contributed by atoms with Crippen LogP contribution in [0, 0.1) is 0 Å². The molecule has 0 aromatic carbocycles. The van der Waals surface area contributed by atoms with Gasteiger partial charge in [0.25, 0.3) is 0 Å². The van der Waals surface area contributed by atoms with Crippen molar-refractivity contribution in [3.63, 3.8) is 0 Å². The van der Waals surface area contributed by atoms with E-state index in [0.29, 0.717) is 0 Å². The van der Waals surface area contributed by atoms with Crippen LogP contribution in [0.1, 0.15) is 0 Å². The minimum atomic E-state index is 0. The van der Waals surface area contributed by atoms with Gasteiger partial charge in [-0.1, -0.05) is 0 Å². The molecule has 0 atom stereocenters. The molecule has 12 radical (unpaired) electrons. The first-order valence-electron chi connectivity index (χ1n) is 0. The molecule has 0 unspecified atom stereocenters. The van der Waals surface area contributed by atoms with E-state index >= 15 is 0 Å². The van der Waals surface area contributed by atoms with Crippen LogP contribution in [0.25, 0.3) is 0 Å². The molecule has 12 heavy (non-hydrogen) atoms. The van der Waals surface area contributed by atoms with Crippen molar-refractivity contribution < 1.29 is 57.8 Å². The van der Waals surface area contributed by atoms with E-state index in [9.17, 15) is 0 Å². The Morgan fingerprint density at radius 1 is 0.333 bits per heavy atom. The van der Waals surface area contributed by atoms with E-state index in [2.05, 4.69) is 0 Å². The molecule has 0 saturated carbocycles. The van der Waals surface area contributed by atoms with E-state index in [1.165, 1.54) is 0 Å². The van der Waals surface area contributed by atoms with Gasteiger partial charge in [-0.15, -0.1) is 0 Å². The molecule has 0 spiro atoms. The summed E-state index contributed by atoms with van der Waals surface area (Å²) in [7, 11) is 0. The van der Waals surface area contributed by atoms with Crippen LogP contribution in [-0.2, 0) is 19.5 Å². The predicted octanol–water partition coefficient (Wildman–Crippen LogP) is -7.30. The van der Waals surface area contributed by atoms with Gasteiger partial charge in [0.05, 0.1) is 0 Å². The summed E-state index contributed by atoms with van der Waals surface area (Å²) in [5, 5.41) is 0. The largest absolute Gasteiger partial charge is 0.412 e. The molecular formula is H14Ca2O7Si2Zn. The first kappa shape index (κ1) is 288. The van der Waals surface area contributed by atoms with Gasteiger partial charge in [0.15, 0.2) is 0 Å². The third-order valence-electron chi connectivity index (χ3n) is 0. The van der Waals surface area contributed by atoms with Gasteiger partial charge in [-0.2, -0.15) is 0 Å². The summed E-state index contributed by atoms with van der Waals surface area (Å²) in [6, 6.07) is 0. The molecule has 0 aromatic heterocycles. The van der Waals surface area contributed by atoms with Gasteiger partial charge in [-0.25, -0.2) is 0 Å². The molecule has 0 aliphatic rings. The molecule has 0 bridgehead atoms. The van der Waals surface area contributed by atoms with Crippen molar-refractivity contribution in [2.24, 2.45) is 0 Å². The average molecular weight is 328 g/mol. The van der Waals surface area contributed by atoms with Crippen LogP contribution in [0.5, 0.6) is 0 Å². The second-order valence-electron chi connectivity index (χ2n) is 0. The Bertz CT molecular complexity index is 19.4. The van der Waals surface area contributed by atoms with Gasteiger partial charge in [0.1, 0.15) is 0 Å². The molecular weight excluding hydrogens is 314 g/mol. The second kappa shape index (κ2) is 233. The molecule has 0 rings (SSSR count). The molecule has 7 nitrogen and oxygen atoms in total. The van der Waals surface area contributed by atoms with Crippen molar-refractivity contribution in [2.45, 2.75) is 0 Å². The Labute approximate surface area is 152 Å². The fraction of sp³-hybridized carbons (Fsp3) is 0. The SMILES string of the molecule is O.O.O.O.O.O.O.[Ca].[Ca].[Si].[Si].[Zn]. The Kier molecular flexibility index (Phi) is 5580. The Morgan fingerprint density at radius 2 is 0.333 bits per heavy atom. The Balaban J connectivity index is 0. The van der Waals surface area contributed by atoms with E-state index in [1.807, 2.05) is 0 Å². The number of hydrogen-bond acceptors (Lipinski definition) is 0. The topological polar surface area (TPSA) is 220 Å². The molecule has 70 valence electrons. The average Bonchev–Trinajstić information content (AvgIpc) is 0. The van der Waals surface area contributed by atoms with E-state index < -0.39 is 0 Å². The van der Waals surface area contributed by atoms with E-state index in [-0.39, 0.29) is 155 Å². The minimum absolute atomic E-state index is 0. The van der Waals surface area contributed by atoms with Crippen molar-refractivity contribution in [3.05, 3.63) is 0 Å². The van der Waals surface area contributed by atoms with Crippen molar-refractivity contribution >= 4 is 97.4 Å². The molecule has 0 saturated heterocycles. The fourth-order valence-electron chi connectivity index (χ4n) is 0. The fourth-order valence-corrected chi connectivity index (χ4v) is 0. The molecule has 12 heteroatoms. The molecule has 14 N–H and O–H groups in total. The number of rotatable bonds is 0. The van der Waals surface area contributed by atoms with Crippen LogP contribution >= 0.6 is 0 Å². The summed E-state index contributed by atoms with van der Waals surface area (Å²) in [5.41, 5.74) is 0. The zero-order valence-corrected chi connectivity index (χ0v) is 16.0. The second-order valence-corrected chi connectivity index (χ2v) is 0. The molecule has 0 fully saturated rings. The molecule has 0 aliphatic heterocycles.